The first-order valence-corrected chi connectivity index (χ1v) is 9.58. The maximum absolute atomic E-state index is 12.4. The molecular weight excluding hydrogens is 401 g/mol. The summed E-state index contributed by atoms with van der Waals surface area (Å²) in [5.41, 5.74) is -0.176. The van der Waals surface area contributed by atoms with Crippen LogP contribution >= 0.6 is 0 Å². The van der Waals surface area contributed by atoms with Gasteiger partial charge in [-0.3, -0.25) is 9.59 Å². The van der Waals surface area contributed by atoms with Gasteiger partial charge in [-0.05, 0) is 30.5 Å². The van der Waals surface area contributed by atoms with Gasteiger partial charge in [-0.15, -0.1) is 0 Å². The molecule has 2 N–H and O–H groups in total. The minimum absolute atomic E-state index is 0.0458. The highest BCUT2D eigenvalue weighted by atomic mass is 19.4. The fourth-order valence-corrected chi connectivity index (χ4v) is 2.63. The van der Waals surface area contributed by atoms with Gasteiger partial charge >= 0.3 is 17.8 Å². The number of aliphatic hydroxyl groups is 1. The van der Waals surface area contributed by atoms with E-state index in [2.05, 4.69) is 21.8 Å². The fraction of sp³-hybridized carbons (Fsp3) is 0.476. The molecule has 1 unspecified atom stereocenters. The average molecular weight is 426 g/mol. The Balaban J connectivity index is 2.60. The van der Waals surface area contributed by atoms with Crippen LogP contribution in [0, 0.1) is 12.5 Å². The van der Waals surface area contributed by atoms with Crippen LogP contribution in [-0.2, 0) is 20.7 Å². The molecule has 0 aliphatic heterocycles. The van der Waals surface area contributed by atoms with Crippen LogP contribution in [0.5, 0.6) is 0 Å². The maximum Gasteiger partial charge on any atom is 0.438 e. The molecule has 0 saturated heterocycles. The van der Waals surface area contributed by atoms with E-state index < -0.39 is 23.6 Å². The number of amides is 1. The van der Waals surface area contributed by atoms with Crippen molar-refractivity contribution in [2.45, 2.75) is 52.1 Å². The van der Waals surface area contributed by atoms with Gasteiger partial charge in [0.1, 0.15) is 0 Å². The van der Waals surface area contributed by atoms with Crippen LogP contribution in [0.15, 0.2) is 35.7 Å². The second-order valence-electron chi connectivity index (χ2n) is 6.63. The van der Waals surface area contributed by atoms with E-state index in [1.54, 1.807) is 24.3 Å². The minimum atomic E-state index is -5.20. The molecule has 0 fully saturated rings. The molecule has 1 amide bonds. The molecule has 1 rings (SSSR count). The predicted octanol–water partition coefficient (Wildman–Crippen LogP) is 5.18. The molecule has 164 valence electrons. The molecule has 0 bridgehead atoms. The highest BCUT2D eigenvalue weighted by Gasteiger charge is 2.39. The van der Waals surface area contributed by atoms with Crippen molar-refractivity contribution >= 4 is 17.6 Å². The summed E-state index contributed by atoms with van der Waals surface area (Å²) in [7, 11) is 0. The minimum Gasteiger partial charge on any atom is -0.515 e. The second-order valence-corrected chi connectivity index (χ2v) is 6.63. The van der Waals surface area contributed by atoms with Gasteiger partial charge in [-0.1, -0.05) is 38.8 Å². The molecule has 1 aromatic rings. The van der Waals surface area contributed by atoms with Crippen molar-refractivity contribution in [3.8, 4) is 0 Å². The second kappa shape index (κ2) is 11.9. The van der Waals surface area contributed by atoms with E-state index in [1.807, 2.05) is 6.92 Å². The van der Waals surface area contributed by atoms with E-state index in [9.17, 15) is 22.8 Å². The average Bonchev–Trinajstić information content (AvgIpc) is 2.69. The van der Waals surface area contributed by atoms with E-state index in [0.717, 1.165) is 25.7 Å². The van der Waals surface area contributed by atoms with E-state index in [0.29, 0.717) is 11.3 Å². The molecule has 0 heterocycles. The third kappa shape index (κ3) is 7.78. The third-order valence-corrected chi connectivity index (χ3v) is 4.41. The number of hydrogen-bond donors (Lipinski definition) is 2. The number of anilines is 1. The molecule has 0 aliphatic rings. The monoisotopic (exact) mass is 426 g/mol. The predicted molar refractivity (Wildman–Crippen MR) is 105 cm³/mol. The summed E-state index contributed by atoms with van der Waals surface area (Å²) >= 11 is 0. The SMILES string of the molecule is [C-]#[N+]/C(C(=O)OCCc1ccc(NC(=O)C(CC)CCCC)cc1)=C(/O)C(F)(F)F. The van der Waals surface area contributed by atoms with Crippen LogP contribution in [-0.4, -0.2) is 29.8 Å². The summed E-state index contributed by atoms with van der Waals surface area (Å²) in [4.78, 5) is 26.3. The fourth-order valence-electron chi connectivity index (χ4n) is 2.63. The molecule has 9 heteroatoms. The molecule has 6 nitrogen and oxygen atoms in total. The number of aliphatic hydroxyl groups excluding tert-OH is 1. The lowest BCUT2D eigenvalue weighted by Gasteiger charge is -2.14. The molecule has 30 heavy (non-hydrogen) atoms. The van der Waals surface area contributed by atoms with Crippen LogP contribution in [0.1, 0.15) is 45.1 Å². The van der Waals surface area contributed by atoms with Crippen LogP contribution in [0.3, 0.4) is 0 Å². The van der Waals surface area contributed by atoms with Crippen LogP contribution in [0.2, 0.25) is 0 Å². The Morgan fingerprint density at radius 1 is 1.23 bits per heavy atom. The van der Waals surface area contributed by atoms with Gasteiger partial charge in [0, 0.05) is 18.0 Å². The molecule has 0 aromatic heterocycles. The zero-order valence-corrected chi connectivity index (χ0v) is 16.9. The number of ether oxygens (including phenoxy) is 1. The Morgan fingerprint density at radius 2 is 1.87 bits per heavy atom. The van der Waals surface area contributed by atoms with Gasteiger partial charge in [0.05, 0.1) is 13.2 Å². The lowest BCUT2D eigenvalue weighted by atomic mass is 9.98. The Kier molecular flexibility index (Phi) is 9.89. The lowest BCUT2D eigenvalue weighted by Crippen LogP contribution is -2.22. The number of halogens is 3. The van der Waals surface area contributed by atoms with Crippen molar-refractivity contribution in [2.75, 3.05) is 11.9 Å². The zero-order valence-electron chi connectivity index (χ0n) is 16.9. The lowest BCUT2D eigenvalue weighted by molar-refractivity contribution is -0.142. The molecule has 1 atom stereocenters. The molecule has 0 aliphatic carbocycles. The van der Waals surface area contributed by atoms with Crippen molar-refractivity contribution in [3.63, 3.8) is 0 Å². The molecule has 0 radical (unpaired) electrons. The number of rotatable bonds is 10. The maximum atomic E-state index is 12.4. The van der Waals surface area contributed by atoms with E-state index >= 15 is 0 Å². The number of nitrogens with one attached hydrogen (secondary N) is 1. The summed E-state index contributed by atoms with van der Waals surface area (Å²) in [5.74, 6) is -3.91. The van der Waals surface area contributed by atoms with Gasteiger partial charge in [-0.25, -0.2) is 4.85 Å². The quantitative estimate of drug-likeness (QED) is 0.234. The smallest absolute Gasteiger partial charge is 0.438 e. The largest absolute Gasteiger partial charge is 0.515 e. The first-order chi connectivity index (χ1) is 14.1. The van der Waals surface area contributed by atoms with Crippen molar-refractivity contribution in [3.05, 3.63) is 52.7 Å². The Morgan fingerprint density at radius 3 is 2.37 bits per heavy atom. The standard InChI is InChI=1S/C21H25F3N2O4/c1-4-6-7-15(5-2)19(28)26-16-10-8-14(9-11-16)12-13-30-20(29)17(25-3)18(27)21(22,23)24/h8-11,15,27H,4-7,12-13H2,1-2H3,(H,26,28)/b18-17+. The van der Waals surface area contributed by atoms with Crippen LogP contribution in [0.25, 0.3) is 4.85 Å². The number of carbonyl (C=O) groups is 2. The van der Waals surface area contributed by atoms with E-state index in [1.165, 1.54) is 0 Å². The molecule has 0 spiro atoms. The normalized spacial score (nSPS) is 13.1. The highest BCUT2D eigenvalue weighted by molar-refractivity contribution is 5.92. The number of nitrogens with zero attached hydrogens (tertiary/aromatic N) is 1. The van der Waals surface area contributed by atoms with Crippen molar-refractivity contribution < 1.29 is 32.6 Å². The van der Waals surface area contributed by atoms with Crippen molar-refractivity contribution in [1.82, 2.24) is 0 Å². The summed E-state index contributed by atoms with van der Waals surface area (Å²) in [5, 5.41) is 11.8. The summed E-state index contributed by atoms with van der Waals surface area (Å²) in [6.07, 6.45) is -1.44. The Bertz CT molecular complexity index is 796. The van der Waals surface area contributed by atoms with Gasteiger partial charge in [0.25, 0.3) is 0 Å². The summed E-state index contributed by atoms with van der Waals surface area (Å²) in [6.45, 7) is 10.4. The highest BCUT2D eigenvalue weighted by Crippen LogP contribution is 2.27. The third-order valence-electron chi connectivity index (χ3n) is 4.41. The first-order valence-electron chi connectivity index (χ1n) is 9.58. The number of hydrogen-bond acceptors (Lipinski definition) is 4. The summed E-state index contributed by atoms with van der Waals surface area (Å²) in [6, 6.07) is 6.74. The van der Waals surface area contributed by atoms with Gasteiger partial charge in [0.2, 0.25) is 11.7 Å². The molecule has 1 aromatic carbocycles. The number of esters is 1. The Hall–Kier alpha value is -3.02. The van der Waals surface area contributed by atoms with E-state index in [-0.39, 0.29) is 24.9 Å². The van der Waals surface area contributed by atoms with Crippen LogP contribution < -0.4 is 5.32 Å². The van der Waals surface area contributed by atoms with Crippen LogP contribution in [0.4, 0.5) is 18.9 Å². The zero-order chi connectivity index (χ0) is 22.7. The van der Waals surface area contributed by atoms with Crippen molar-refractivity contribution in [1.29, 1.82) is 0 Å². The number of allylic oxidation sites excluding steroid dienone is 1. The van der Waals surface area contributed by atoms with Crippen molar-refractivity contribution in [2.24, 2.45) is 5.92 Å². The van der Waals surface area contributed by atoms with Gasteiger partial charge in [-0.2, -0.15) is 13.2 Å². The van der Waals surface area contributed by atoms with Gasteiger partial charge < -0.3 is 15.2 Å². The molecule has 0 saturated carbocycles. The number of alkyl halides is 3. The summed E-state index contributed by atoms with van der Waals surface area (Å²) < 4.78 is 41.9. The number of carbonyl (C=O) groups excluding carboxylic acids is 2. The number of benzene rings is 1. The van der Waals surface area contributed by atoms with Gasteiger partial charge in [0.15, 0.2) is 0 Å². The molecular formula is C21H25F3N2O4. The Labute approximate surface area is 173 Å². The topological polar surface area (TPSA) is 80.0 Å². The first kappa shape index (κ1) is 25.0. The van der Waals surface area contributed by atoms with E-state index in [4.69, 9.17) is 11.7 Å². The number of unbranched alkanes of at least 4 members (excludes halogenated alkanes) is 1.